The molecule has 0 aliphatic heterocycles. The number of aryl methyl sites for hydroxylation is 1. The van der Waals surface area contributed by atoms with E-state index in [-0.39, 0.29) is 24.2 Å². The fraction of sp³-hybridized carbons (Fsp3) is 0.179. The third kappa shape index (κ3) is 6.44. The summed E-state index contributed by atoms with van der Waals surface area (Å²) in [6, 6.07) is 18.2. The molecule has 3 heterocycles. The van der Waals surface area contributed by atoms with Crippen molar-refractivity contribution in [3.05, 3.63) is 84.3 Å². The first-order valence-corrected chi connectivity index (χ1v) is 13.4. The van der Waals surface area contributed by atoms with Gasteiger partial charge in [0.25, 0.3) is 11.8 Å². The maximum absolute atomic E-state index is 13.0. The summed E-state index contributed by atoms with van der Waals surface area (Å²) in [6.45, 7) is 1.39. The minimum absolute atomic E-state index is 0. The van der Waals surface area contributed by atoms with Crippen LogP contribution in [0.15, 0.2) is 73.1 Å². The number of carbonyl (C=O) groups excluding carboxylic acids is 2. The van der Waals surface area contributed by atoms with Gasteiger partial charge in [-0.2, -0.15) is 0 Å². The topological polar surface area (TPSA) is 111 Å². The average Bonchev–Trinajstić information content (AvgIpc) is 3.68. The predicted molar refractivity (Wildman–Crippen MR) is 165 cm³/mol. The highest BCUT2D eigenvalue weighted by Gasteiger charge is 2.15. The van der Waals surface area contributed by atoms with Crippen LogP contribution in [0.2, 0.25) is 0 Å². The van der Waals surface area contributed by atoms with Crippen LogP contribution in [0.4, 0.5) is 17.1 Å². The highest BCUT2D eigenvalue weighted by molar-refractivity contribution is 6.18. The number of imidazole rings is 1. The molecule has 0 spiro atoms. The van der Waals surface area contributed by atoms with Crippen molar-refractivity contribution in [1.82, 2.24) is 19.5 Å². The zero-order valence-corrected chi connectivity index (χ0v) is 23.9. The third-order valence-corrected chi connectivity index (χ3v) is 6.63. The molecule has 5 aromatic rings. The minimum Gasteiger partial charge on any atom is -0.369 e. The van der Waals surface area contributed by atoms with Crippen molar-refractivity contribution in [3.63, 3.8) is 0 Å². The van der Waals surface area contributed by atoms with Gasteiger partial charge in [-0.1, -0.05) is 0 Å². The van der Waals surface area contributed by atoms with E-state index < -0.39 is 0 Å². The van der Waals surface area contributed by atoms with Crippen LogP contribution in [-0.4, -0.2) is 56.2 Å². The molecule has 0 aliphatic carbocycles. The van der Waals surface area contributed by atoms with E-state index in [1.54, 1.807) is 36.5 Å². The zero-order valence-electron chi connectivity index (χ0n) is 21.6. The van der Waals surface area contributed by atoms with Crippen molar-refractivity contribution in [2.75, 3.05) is 40.4 Å². The number of aromatic nitrogens is 4. The quantitative estimate of drug-likeness (QED) is 0.145. The van der Waals surface area contributed by atoms with E-state index in [9.17, 15) is 9.59 Å². The van der Waals surface area contributed by atoms with E-state index in [4.69, 9.17) is 23.2 Å². The molecular formula is C28H28Cl3N7O2. The first-order valence-electron chi connectivity index (χ1n) is 12.3. The smallest absolute Gasteiger partial charge is 0.272 e. The van der Waals surface area contributed by atoms with Crippen molar-refractivity contribution in [1.29, 1.82) is 0 Å². The number of fused-ring (bicyclic) bond motifs is 1. The van der Waals surface area contributed by atoms with Crippen LogP contribution >= 0.6 is 35.6 Å². The van der Waals surface area contributed by atoms with Gasteiger partial charge in [0.05, 0.1) is 22.4 Å². The molecule has 0 bridgehead atoms. The van der Waals surface area contributed by atoms with Gasteiger partial charge < -0.3 is 30.1 Å². The average molecular weight is 601 g/mol. The Balaban J connectivity index is 0.00000370. The van der Waals surface area contributed by atoms with E-state index >= 15 is 0 Å². The van der Waals surface area contributed by atoms with E-state index in [2.05, 4.69) is 30.5 Å². The summed E-state index contributed by atoms with van der Waals surface area (Å²) >= 11 is 11.8. The Labute approximate surface area is 247 Å². The SMILES string of the molecule is Cl.Cn1cc(NC(=O)c2ccc[nH]2)cc1-c1nc2ccc(C(=O)Nc3ccc(N(CCCl)CCCl)cc3)cc2[nH]1. The van der Waals surface area contributed by atoms with Crippen LogP contribution in [0.25, 0.3) is 22.6 Å². The molecule has 40 heavy (non-hydrogen) atoms. The number of amides is 2. The monoisotopic (exact) mass is 599 g/mol. The number of halogens is 3. The summed E-state index contributed by atoms with van der Waals surface area (Å²) < 4.78 is 1.88. The molecule has 0 saturated carbocycles. The molecule has 12 heteroatoms. The standard InChI is InChI=1S/C28H27Cl2N7O2.ClH/c1-36-17-20(33-28(39)23-3-2-12-31-23)16-25(36)26-34-22-9-4-18(15-24(22)35-26)27(38)32-19-5-7-21(8-6-19)37(13-10-29)14-11-30;/h2-9,12,15-17,31H,10-11,13-14H2,1H3,(H,32,38)(H,33,39)(H,34,35);1H. The van der Waals surface area contributed by atoms with E-state index in [0.29, 0.717) is 53.3 Å². The van der Waals surface area contributed by atoms with Gasteiger partial charge in [0.1, 0.15) is 5.69 Å². The molecule has 9 nitrogen and oxygen atoms in total. The highest BCUT2D eigenvalue weighted by atomic mass is 35.5. The Morgan fingerprint density at radius 3 is 2.35 bits per heavy atom. The lowest BCUT2D eigenvalue weighted by atomic mass is 10.2. The summed E-state index contributed by atoms with van der Waals surface area (Å²) in [5.74, 6) is 1.17. The zero-order chi connectivity index (χ0) is 27.4. The van der Waals surface area contributed by atoms with Gasteiger partial charge in [-0.25, -0.2) is 4.98 Å². The van der Waals surface area contributed by atoms with Gasteiger partial charge in [-0.15, -0.1) is 35.6 Å². The molecule has 0 atom stereocenters. The normalized spacial score (nSPS) is 10.8. The summed E-state index contributed by atoms with van der Waals surface area (Å²) in [7, 11) is 1.88. The number of carbonyl (C=O) groups is 2. The van der Waals surface area contributed by atoms with Crippen LogP contribution in [0, 0.1) is 0 Å². The van der Waals surface area contributed by atoms with Crippen molar-refractivity contribution in [3.8, 4) is 11.5 Å². The van der Waals surface area contributed by atoms with Gasteiger partial charge in [0.2, 0.25) is 0 Å². The number of hydrogen-bond acceptors (Lipinski definition) is 4. The second-order valence-electron chi connectivity index (χ2n) is 8.95. The molecule has 5 rings (SSSR count). The van der Waals surface area contributed by atoms with Gasteiger partial charge >= 0.3 is 0 Å². The molecule has 0 radical (unpaired) electrons. The Morgan fingerprint density at radius 1 is 0.950 bits per heavy atom. The first kappa shape index (κ1) is 29.1. The second kappa shape index (κ2) is 13.0. The Hall–Kier alpha value is -3.92. The number of benzene rings is 2. The molecule has 2 aromatic carbocycles. The summed E-state index contributed by atoms with van der Waals surface area (Å²) in [5.41, 5.74) is 5.54. The van der Waals surface area contributed by atoms with Crippen LogP contribution in [0.5, 0.6) is 0 Å². The number of hydrogen-bond donors (Lipinski definition) is 4. The van der Waals surface area contributed by atoms with Crippen LogP contribution in [0.1, 0.15) is 20.8 Å². The van der Waals surface area contributed by atoms with Crippen LogP contribution in [-0.2, 0) is 7.05 Å². The number of rotatable bonds is 10. The van der Waals surface area contributed by atoms with Crippen molar-refractivity contribution >= 4 is 75.5 Å². The summed E-state index contributed by atoms with van der Waals surface area (Å²) in [6.07, 6.45) is 3.52. The Kier molecular flexibility index (Phi) is 9.42. The van der Waals surface area contributed by atoms with E-state index in [1.165, 1.54) is 0 Å². The van der Waals surface area contributed by atoms with Gasteiger partial charge in [0.15, 0.2) is 5.82 Å². The van der Waals surface area contributed by atoms with Crippen LogP contribution in [0.3, 0.4) is 0 Å². The lowest BCUT2D eigenvalue weighted by molar-refractivity contribution is 0.101. The van der Waals surface area contributed by atoms with Crippen molar-refractivity contribution in [2.24, 2.45) is 7.05 Å². The molecule has 0 saturated heterocycles. The molecule has 0 aliphatic rings. The summed E-state index contributed by atoms with van der Waals surface area (Å²) in [5, 5.41) is 5.82. The number of alkyl halides is 2. The molecule has 0 fully saturated rings. The number of H-pyrrole nitrogens is 2. The largest absolute Gasteiger partial charge is 0.369 e. The molecule has 208 valence electrons. The molecular weight excluding hydrogens is 573 g/mol. The Morgan fingerprint density at radius 2 is 1.68 bits per heavy atom. The molecule has 0 unspecified atom stereocenters. The molecule has 4 N–H and O–H groups in total. The minimum atomic E-state index is -0.229. The fourth-order valence-corrected chi connectivity index (χ4v) is 4.75. The van der Waals surface area contributed by atoms with Gasteiger partial charge in [-0.05, 0) is 60.7 Å². The second-order valence-corrected chi connectivity index (χ2v) is 9.70. The van der Waals surface area contributed by atoms with E-state index in [1.807, 2.05) is 48.1 Å². The highest BCUT2D eigenvalue weighted by Crippen LogP contribution is 2.26. The van der Waals surface area contributed by atoms with Crippen molar-refractivity contribution in [2.45, 2.75) is 0 Å². The lowest BCUT2D eigenvalue weighted by Gasteiger charge is -2.23. The molecule has 3 aromatic heterocycles. The number of nitrogens with one attached hydrogen (secondary N) is 4. The maximum Gasteiger partial charge on any atom is 0.272 e. The Bertz CT molecular complexity index is 1590. The van der Waals surface area contributed by atoms with Crippen molar-refractivity contribution < 1.29 is 9.59 Å². The summed E-state index contributed by atoms with van der Waals surface area (Å²) in [4.78, 5) is 38.3. The lowest BCUT2D eigenvalue weighted by Crippen LogP contribution is -2.27. The maximum atomic E-state index is 13.0. The number of aromatic amines is 2. The fourth-order valence-electron chi connectivity index (χ4n) is 4.34. The molecule has 2 amide bonds. The van der Waals surface area contributed by atoms with Gasteiger partial charge in [-0.3, -0.25) is 9.59 Å². The van der Waals surface area contributed by atoms with E-state index in [0.717, 1.165) is 22.4 Å². The third-order valence-electron chi connectivity index (χ3n) is 6.29. The van der Waals surface area contributed by atoms with Crippen LogP contribution < -0.4 is 15.5 Å². The first-order chi connectivity index (χ1) is 18.9. The number of anilines is 3. The van der Waals surface area contributed by atoms with Gasteiger partial charge in [0, 0.05) is 61.2 Å². The predicted octanol–water partition coefficient (Wildman–Crippen LogP) is 6.11. The number of nitrogens with zero attached hydrogens (tertiary/aromatic N) is 3.